The topological polar surface area (TPSA) is 46.6 Å². The van der Waals surface area contributed by atoms with Crippen molar-refractivity contribution >= 4 is 23.0 Å². The monoisotopic (exact) mass is 267 g/mol. The third kappa shape index (κ3) is 2.56. The molecule has 4 nitrogen and oxygen atoms in total. The Balaban J connectivity index is 2.07. The van der Waals surface area contributed by atoms with Crippen LogP contribution in [0.25, 0.3) is 0 Å². The highest BCUT2D eigenvalue weighted by Crippen LogP contribution is 2.24. The summed E-state index contributed by atoms with van der Waals surface area (Å²) < 4.78 is 5.08. The molecule has 1 amide bonds. The number of carbonyl (C=O) groups is 2. The molecule has 18 heavy (non-hydrogen) atoms. The van der Waals surface area contributed by atoms with E-state index < -0.39 is 0 Å². The summed E-state index contributed by atoms with van der Waals surface area (Å²) in [7, 11) is 1.59. The van der Waals surface area contributed by atoms with Gasteiger partial charge in [0.1, 0.15) is 11.5 Å². The highest BCUT2D eigenvalue weighted by Gasteiger charge is 2.29. The van der Waals surface area contributed by atoms with Gasteiger partial charge < -0.3 is 9.64 Å². The van der Waals surface area contributed by atoms with Crippen LogP contribution >= 0.6 is 11.3 Å². The van der Waals surface area contributed by atoms with E-state index in [1.54, 1.807) is 18.1 Å². The largest absolute Gasteiger partial charge is 0.496 e. The van der Waals surface area contributed by atoms with E-state index in [-0.39, 0.29) is 17.6 Å². The molecule has 0 N–H and O–H groups in total. The van der Waals surface area contributed by atoms with Crippen molar-refractivity contribution in [3.8, 4) is 5.75 Å². The Morgan fingerprint density at radius 3 is 3.00 bits per heavy atom. The smallest absolute Gasteiger partial charge is 0.264 e. The van der Waals surface area contributed by atoms with Crippen LogP contribution in [0.5, 0.6) is 5.75 Å². The lowest BCUT2D eigenvalue weighted by molar-refractivity contribution is -0.125. The maximum Gasteiger partial charge on any atom is 0.264 e. The van der Waals surface area contributed by atoms with Crippen molar-refractivity contribution in [2.24, 2.45) is 5.92 Å². The number of rotatable bonds is 3. The summed E-state index contributed by atoms with van der Waals surface area (Å²) in [6.45, 7) is 3.08. The quantitative estimate of drug-likeness (QED) is 0.843. The van der Waals surface area contributed by atoms with E-state index in [0.717, 1.165) is 6.42 Å². The summed E-state index contributed by atoms with van der Waals surface area (Å²) in [6.07, 6.45) is 1.28. The molecule has 98 valence electrons. The summed E-state index contributed by atoms with van der Waals surface area (Å²) >= 11 is 1.38. The lowest BCUT2D eigenvalue weighted by atomic mass is 9.94. The van der Waals surface area contributed by atoms with Crippen molar-refractivity contribution in [1.82, 2.24) is 4.90 Å². The number of nitrogens with zero attached hydrogens (tertiary/aromatic N) is 1. The number of likely N-dealkylation sites (tertiary alicyclic amines) is 1. The van der Waals surface area contributed by atoms with Crippen LogP contribution in [0.2, 0.25) is 0 Å². The van der Waals surface area contributed by atoms with E-state index in [1.165, 1.54) is 11.3 Å². The molecule has 1 aliphatic rings. The van der Waals surface area contributed by atoms with Crippen molar-refractivity contribution in [3.63, 3.8) is 0 Å². The molecule has 0 radical (unpaired) electrons. The van der Waals surface area contributed by atoms with Gasteiger partial charge in [0.05, 0.1) is 12.0 Å². The van der Waals surface area contributed by atoms with Gasteiger partial charge in [0.25, 0.3) is 5.91 Å². The van der Waals surface area contributed by atoms with Gasteiger partial charge in [-0.3, -0.25) is 9.59 Å². The van der Waals surface area contributed by atoms with Gasteiger partial charge in [-0.15, -0.1) is 11.3 Å². The fourth-order valence-electron chi connectivity index (χ4n) is 2.14. The summed E-state index contributed by atoms with van der Waals surface area (Å²) in [4.78, 5) is 26.3. The van der Waals surface area contributed by atoms with Crippen LogP contribution in [0.15, 0.2) is 11.4 Å². The Bertz CT molecular complexity index is 455. The SMILES string of the molecule is CCC1CN(C(=O)c2cc(OC)cs2)CCC1=O. The third-order valence-electron chi connectivity index (χ3n) is 3.33. The van der Waals surface area contributed by atoms with E-state index in [1.807, 2.05) is 12.3 Å². The van der Waals surface area contributed by atoms with Crippen molar-refractivity contribution < 1.29 is 14.3 Å². The van der Waals surface area contributed by atoms with Crippen LogP contribution in [0.4, 0.5) is 0 Å². The minimum absolute atomic E-state index is 0.00422. The fraction of sp³-hybridized carbons (Fsp3) is 0.538. The maximum absolute atomic E-state index is 12.3. The molecule has 1 saturated heterocycles. The third-order valence-corrected chi connectivity index (χ3v) is 4.22. The van der Waals surface area contributed by atoms with Gasteiger partial charge in [0.15, 0.2) is 0 Å². The van der Waals surface area contributed by atoms with Crippen LogP contribution < -0.4 is 4.74 Å². The number of hydrogen-bond donors (Lipinski definition) is 0. The number of piperidine rings is 1. The van der Waals surface area contributed by atoms with Crippen molar-refractivity contribution in [3.05, 3.63) is 16.3 Å². The van der Waals surface area contributed by atoms with Gasteiger partial charge in [-0.25, -0.2) is 0 Å². The highest BCUT2D eigenvalue weighted by molar-refractivity contribution is 7.12. The number of Topliss-reactive ketones (excluding diaryl/α,β-unsaturated/α-hetero) is 1. The van der Waals surface area contributed by atoms with Crippen molar-refractivity contribution in [2.45, 2.75) is 19.8 Å². The Morgan fingerprint density at radius 1 is 1.61 bits per heavy atom. The molecule has 0 aliphatic carbocycles. The molecular formula is C13H17NO3S. The zero-order valence-electron chi connectivity index (χ0n) is 10.6. The number of ether oxygens (including phenoxy) is 1. The average Bonchev–Trinajstić information content (AvgIpc) is 2.87. The van der Waals surface area contributed by atoms with E-state index in [2.05, 4.69) is 0 Å². The molecule has 1 atom stereocenters. The first-order valence-electron chi connectivity index (χ1n) is 6.10. The van der Waals surface area contributed by atoms with Crippen LogP contribution in [-0.2, 0) is 4.79 Å². The Morgan fingerprint density at radius 2 is 2.39 bits per heavy atom. The zero-order chi connectivity index (χ0) is 13.1. The van der Waals surface area contributed by atoms with Gasteiger partial charge >= 0.3 is 0 Å². The number of amides is 1. The first kappa shape index (κ1) is 13.1. The van der Waals surface area contributed by atoms with E-state index in [4.69, 9.17) is 4.74 Å². The lowest BCUT2D eigenvalue weighted by Crippen LogP contribution is -2.43. The molecule has 1 aromatic heterocycles. The summed E-state index contributed by atoms with van der Waals surface area (Å²) in [5, 5.41) is 1.82. The molecule has 5 heteroatoms. The predicted molar refractivity (Wildman–Crippen MR) is 70.2 cm³/mol. The molecule has 0 bridgehead atoms. The van der Waals surface area contributed by atoms with Crippen LogP contribution in [0.1, 0.15) is 29.4 Å². The van der Waals surface area contributed by atoms with Gasteiger partial charge in [0.2, 0.25) is 0 Å². The highest BCUT2D eigenvalue weighted by atomic mass is 32.1. The minimum Gasteiger partial charge on any atom is -0.496 e. The standard InChI is InChI=1S/C13H17NO3S/c1-3-9-7-14(5-4-11(9)15)13(16)12-6-10(17-2)8-18-12/h6,8-9H,3-5,7H2,1-2H3. The molecule has 2 heterocycles. The van der Waals surface area contributed by atoms with Gasteiger partial charge in [0, 0.05) is 36.9 Å². The predicted octanol–water partition coefficient (Wildman–Crippen LogP) is 2.20. The Kier molecular flexibility index (Phi) is 4.01. The summed E-state index contributed by atoms with van der Waals surface area (Å²) in [6, 6.07) is 1.75. The molecule has 1 unspecified atom stereocenters. The molecule has 1 fully saturated rings. The van der Waals surface area contributed by atoms with Crippen LogP contribution in [0, 0.1) is 5.92 Å². The van der Waals surface area contributed by atoms with Crippen molar-refractivity contribution in [2.75, 3.05) is 20.2 Å². The molecule has 0 saturated carbocycles. The van der Waals surface area contributed by atoms with E-state index in [0.29, 0.717) is 30.1 Å². The van der Waals surface area contributed by atoms with Gasteiger partial charge in [-0.05, 0) is 6.42 Å². The number of carbonyl (C=O) groups excluding carboxylic acids is 2. The zero-order valence-corrected chi connectivity index (χ0v) is 11.5. The molecule has 1 aliphatic heterocycles. The number of ketones is 1. The first-order chi connectivity index (χ1) is 8.65. The normalized spacial score (nSPS) is 20.0. The second kappa shape index (κ2) is 5.52. The fourth-order valence-corrected chi connectivity index (χ4v) is 2.96. The molecule has 0 aromatic carbocycles. The second-order valence-corrected chi connectivity index (χ2v) is 5.33. The molecular weight excluding hydrogens is 250 g/mol. The van der Waals surface area contributed by atoms with Crippen LogP contribution in [-0.4, -0.2) is 36.8 Å². The average molecular weight is 267 g/mol. The van der Waals surface area contributed by atoms with E-state index >= 15 is 0 Å². The van der Waals surface area contributed by atoms with Crippen molar-refractivity contribution in [1.29, 1.82) is 0 Å². The van der Waals surface area contributed by atoms with Crippen LogP contribution in [0.3, 0.4) is 0 Å². The summed E-state index contributed by atoms with van der Waals surface area (Å²) in [5.74, 6) is 1.01. The molecule has 0 spiro atoms. The molecule has 2 rings (SSSR count). The molecule has 1 aromatic rings. The number of hydrogen-bond acceptors (Lipinski definition) is 4. The minimum atomic E-state index is 0.00422. The van der Waals surface area contributed by atoms with E-state index in [9.17, 15) is 9.59 Å². The number of methoxy groups -OCH3 is 1. The van der Waals surface area contributed by atoms with Gasteiger partial charge in [-0.2, -0.15) is 0 Å². The Labute approximate surface area is 111 Å². The second-order valence-electron chi connectivity index (χ2n) is 4.42. The lowest BCUT2D eigenvalue weighted by Gasteiger charge is -2.31. The number of thiophene rings is 1. The van der Waals surface area contributed by atoms with Gasteiger partial charge in [-0.1, -0.05) is 6.92 Å². The summed E-state index contributed by atoms with van der Waals surface area (Å²) in [5.41, 5.74) is 0. The first-order valence-corrected chi connectivity index (χ1v) is 6.98. The maximum atomic E-state index is 12.3. The Hall–Kier alpha value is -1.36.